The highest BCUT2D eigenvalue weighted by atomic mass is 16.3. The molecule has 1 aromatic rings. The lowest BCUT2D eigenvalue weighted by Gasteiger charge is -2.31. The number of anilines is 1. The van der Waals surface area contributed by atoms with Gasteiger partial charge in [-0.25, -0.2) is 0 Å². The van der Waals surface area contributed by atoms with E-state index in [0.717, 1.165) is 32.6 Å². The van der Waals surface area contributed by atoms with Crippen molar-refractivity contribution in [3.63, 3.8) is 0 Å². The number of hydrogen-bond acceptors (Lipinski definition) is 4. The average Bonchev–Trinajstić information content (AvgIpc) is 2.75. The van der Waals surface area contributed by atoms with Crippen molar-refractivity contribution in [1.82, 2.24) is 14.7 Å². The van der Waals surface area contributed by atoms with Crippen LogP contribution in [0.4, 0.5) is 5.82 Å². The van der Waals surface area contributed by atoms with E-state index in [1.54, 1.807) is 0 Å². The Bertz CT molecular complexity index is 339. The zero-order valence-electron chi connectivity index (χ0n) is 10.3. The maximum Gasteiger partial charge on any atom is 0.145 e. The first kappa shape index (κ1) is 12.4. The Kier molecular flexibility index (Phi) is 4.39. The lowest BCUT2D eigenvalue weighted by molar-refractivity contribution is 0.118. The maximum atomic E-state index is 9.16. The van der Waals surface area contributed by atoms with Gasteiger partial charge in [0.05, 0.1) is 0 Å². The minimum Gasteiger partial charge on any atom is -0.396 e. The molecule has 17 heavy (non-hydrogen) atoms. The number of aliphatic hydroxyl groups excluding tert-OH is 1. The largest absolute Gasteiger partial charge is 0.396 e. The highest BCUT2D eigenvalue weighted by Gasteiger charge is 2.18. The molecule has 0 aliphatic carbocycles. The highest BCUT2D eigenvalue weighted by Crippen LogP contribution is 2.15. The fourth-order valence-corrected chi connectivity index (χ4v) is 2.46. The van der Waals surface area contributed by atoms with Crippen molar-refractivity contribution in [2.75, 3.05) is 32.0 Å². The fourth-order valence-electron chi connectivity index (χ4n) is 2.46. The van der Waals surface area contributed by atoms with Crippen LogP contribution in [0, 0.1) is 5.92 Å². The molecule has 0 bridgehead atoms. The van der Waals surface area contributed by atoms with E-state index in [1.165, 1.54) is 12.8 Å². The normalized spacial score (nSPS) is 21.8. The van der Waals surface area contributed by atoms with E-state index in [9.17, 15) is 0 Å². The number of aromatic nitrogens is 2. The molecule has 0 spiro atoms. The predicted octanol–water partition coefficient (Wildman–Crippen LogP) is 0.560. The number of aliphatic hydroxyl groups is 1. The van der Waals surface area contributed by atoms with Gasteiger partial charge in [0, 0.05) is 25.9 Å². The Labute approximate surface area is 102 Å². The molecule has 0 radical (unpaired) electrons. The average molecular weight is 238 g/mol. The van der Waals surface area contributed by atoms with Crippen molar-refractivity contribution in [3.8, 4) is 0 Å². The summed E-state index contributed by atoms with van der Waals surface area (Å²) in [4.78, 5) is 2.44. The van der Waals surface area contributed by atoms with Crippen LogP contribution >= 0.6 is 0 Å². The van der Waals surface area contributed by atoms with Gasteiger partial charge in [-0.1, -0.05) is 0 Å². The van der Waals surface area contributed by atoms with Crippen molar-refractivity contribution < 1.29 is 5.11 Å². The van der Waals surface area contributed by atoms with Crippen molar-refractivity contribution in [1.29, 1.82) is 0 Å². The van der Waals surface area contributed by atoms with Crippen LogP contribution in [-0.2, 0) is 6.54 Å². The molecule has 0 saturated carbocycles. The van der Waals surface area contributed by atoms with Crippen molar-refractivity contribution in [2.45, 2.75) is 25.8 Å². The van der Waals surface area contributed by atoms with Gasteiger partial charge in [-0.3, -0.25) is 4.68 Å². The summed E-state index contributed by atoms with van der Waals surface area (Å²) < 4.78 is 1.89. The van der Waals surface area contributed by atoms with E-state index in [4.69, 9.17) is 10.8 Å². The topological polar surface area (TPSA) is 67.3 Å². The Morgan fingerprint density at radius 2 is 2.35 bits per heavy atom. The first-order valence-electron chi connectivity index (χ1n) is 6.40. The lowest BCUT2D eigenvalue weighted by atomic mass is 9.99. The molecule has 1 aliphatic heterocycles. The molecule has 96 valence electrons. The standard InChI is InChI=1S/C12H22N4O/c13-12-4-8-16(14-12)7-2-6-15-5-1-3-11(9-15)10-17/h4,8,11,17H,1-3,5-7,9-10H2,(H2,13,14). The lowest BCUT2D eigenvalue weighted by Crippen LogP contribution is -2.37. The van der Waals surface area contributed by atoms with Gasteiger partial charge in [-0.05, 0) is 44.3 Å². The minimum atomic E-state index is 0.326. The monoisotopic (exact) mass is 238 g/mol. The van der Waals surface area contributed by atoms with E-state index in [0.29, 0.717) is 18.3 Å². The molecule has 0 aromatic carbocycles. The summed E-state index contributed by atoms with van der Waals surface area (Å²) >= 11 is 0. The number of rotatable bonds is 5. The van der Waals surface area contributed by atoms with Crippen molar-refractivity contribution >= 4 is 5.82 Å². The van der Waals surface area contributed by atoms with E-state index in [2.05, 4.69) is 10.00 Å². The molecule has 5 nitrogen and oxygen atoms in total. The van der Waals surface area contributed by atoms with Crippen LogP contribution < -0.4 is 5.73 Å². The Morgan fingerprint density at radius 1 is 1.47 bits per heavy atom. The van der Waals surface area contributed by atoms with E-state index >= 15 is 0 Å². The van der Waals surface area contributed by atoms with Gasteiger partial charge >= 0.3 is 0 Å². The molecule has 1 saturated heterocycles. The van der Waals surface area contributed by atoms with Gasteiger partial charge in [-0.15, -0.1) is 0 Å². The summed E-state index contributed by atoms with van der Waals surface area (Å²) in [5, 5.41) is 13.3. The van der Waals surface area contributed by atoms with Gasteiger partial charge in [0.1, 0.15) is 5.82 Å². The second-order valence-electron chi connectivity index (χ2n) is 4.85. The summed E-state index contributed by atoms with van der Waals surface area (Å²) in [5.41, 5.74) is 5.56. The number of nitrogen functional groups attached to an aromatic ring is 1. The Balaban J connectivity index is 1.68. The van der Waals surface area contributed by atoms with Crippen LogP contribution in [0.3, 0.4) is 0 Å². The summed E-state index contributed by atoms with van der Waals surface area (Å²) in [6.45, 7) is 4.52. The number of piperidine rings is 1. The molecule has 3 N–H and O–H groups in total. The smallest absolute Gasteiger partial charge is 0.145 e. The molecule has 5 heteroatoms. The third-order valence-electron chi connectivity index (χ3n) is 3.38. The maximum absolute atomic E-state index is 9.16. The second-order valence-corrected chi connectivity index (χ2v) is 4.85. The van der Waals surface area contributed by atoms with Crippen LogP contribution in [0.15, 0.2) is 12.3 Å². The van der Waals surface area contributed by atoms with Crippen molar-refractivity contribution in [2.24, 2.45) is 5.92 Å². The van der Waals surface area contributed by atoms with E-state index in [-0.39, 0.29) is 0 Å². The second kappa shape index (κ2) is 6.02. The molecule has 1 aromatic heterocycles. The minimum absolute atomic E-state index is 0.326. The van der Waals surface area contributed by atoms with Crippen LogP contribution in [0.2, 0.25) is 0 Å². The van der Waals surface area contributed by atoms with Gasteiger partial charge < -0.3 is 15.7 Å². The molecular weight excluding hydrogens is 216 g/mol. The molecule has 2 heterocycles. The van der Waals surface area contributed by atoms with E-state index < -0.39 is 0 Å². The van der Waals surface area contributed by atoms with Crippen LogP contribution in [-0.4, -0.2) is 46.0 Å². The zero-order valence-corrected chi connectivity index (χ0v) is 10.3. The Morgan fingerprint density at radius 3 is 3.06 bits per heavy atom. The molecule has 0 amide bonds. The predicted molar refractivity (Wildman–Crippen MR) is 67.5 cm³/mol. The summed E-state index contributed by atoms with van der Waals surface area (Å²) in [6.07, 6.45) is 5.38. The van der Waals surface area contributed by atoms with Gasteiger partial charge in [0.15, 0.2) is 0 Å². The van der Waals surface area contributed by atoms with E-state index in [1.807, 2.05) is 16.9 Å². The first-order chi connectivity index (χ1) is 8.28. The SMILES string of the molecule is Nc1ccn(CCCN2CCCC(CO)C2)n1. The molecule has 1 fully saturated rings. The number of hydrogen-bond donors (Lipinski definition) is 2. The molecular formula is C12H22N4O. The van der Waals surface area contributed by atoms with Crippen molar-refractivity contribution in [3.05, 3.63) is 12.3 Å². The van der Waals surface area contributed by atoms with Gasteiger partial charge in [0.2, 0.25) is 0 Å². The van der Waals surface area contributed by atoms with Gasteiger partial charge in [-0.2, -0.15) is 5.10 Å². The quantitative estimate of drug-likeness (QED) is 0.786. The molecule has 1 aliphatic rings. The number of likely N-dealkylation sites (tertiary alicyclic amines) is 1. The molecule has 1 unspecified atom stereocenters. The zero-order chi connectivity index (χ0) is 12.1. The Hall–Kier alpha value is -1.07. The molecule has 1 atom stereocenters. The van der Waals surface area contributed by atoms with Gasteiger partial charge in [0.25, 0.3) is 0 Å². The molecule has 2 rings (SSSR count). The number of nitrogens with two attached hydrogens (primary N) is 1. The fraction of sp³-hybridized carbons (Fsp3) is 0.750. The highest BCUT2D eigenvalue weighted by molar-refractivity contribution is 5.23. The van der Waals surface area contributed by atoms with Crippen LogP contribution in [0.1, 0.15) is 19.3 Å². The van der Waals surface area contributed by atoms with Crippen LogP contribution in [0.25, 0.3) is 0 Å². The number of aryl methyl sites for hydroxylation is 1. The summed E-state index contributed by atoms with van der Waals surface area (Å²) in [7, 11) is 0. The summed E-state index contributed by atoms with van der Waals surface area (Å²) in [5.74, 6) is 1.06. The van der Waals surface area contributed by atoms with Crippen LogP contribution in [0.5, 0.6) is 0 Å². The third kappa shape index (κ3) is 3.71. The third-order valence-corrected chi connectivity index (χ3v) is 3.38. The number of nitrogens with zero attached hydrogens (tertiary/aromatic N) is 3. The summed E-state index contributed by atoms with van der Waals surface area (Å²) in [6, 6.07) is 1.82. The first-order valence-corrected chi connectivity index (χ1v) is 6.40.